The van der Waals surface area contributed by atoms with Gasteiger partial charge in [0.2, 0.25) is 6.79 Å². The average molecular weight is 407 g/mol. The van der Waals surface area contributed by atoms with Gasteiger partial charge >= 0.3 is 0 Å². The normalized spacial score (nSPS) is 16.6. The van der Waals surface area contributed by atoms with E-state index in [2.05, 4.69) is 63.9 Å². The minimum Gasteiger partial charge on any atom is -0.454 e. The van der Waals surface area contributed by atoms with Crippen LogP contribution in [-0.4, -0.2) is 24.8 Å². The van der Waals surface area contributed by atoms with Gasteiger partial charge in [0, 0.05) is 23.2 Å². The fraction of sp³-hybridized carbons (Fsp3) is 0.333. The number of hydrogen-bond acceptors (Lipinski definition) is 3. The van der Waals surface area contributed by atoms with Crippen molar-refractivity contribution >= 4 is 22.6 Å². The van der Waals surface area contributed by atoms with Crippen LogP contribution in [-0.2, 0) is 19.4 Å². The van der Waals surface area contributed by atoms with Crippen LogP contribution in [0.15, 0.2) is 36.4 Å². The Morgan fingerprint density at radius 2 is 1.82 bits per heavy atom. The SMILES string of the molecule is Ic1cc2c(cc1CCN1CCc3ccccc3C1)OCO2. The topological polar surface area (TPSA) is 21.7 Å². The minimum absolute atomic E-state index is 0.345. The third-order valence-electron chi connectivity index (χ3n) is 4.45. The van der Waals surface area contributed by atoms with Gasteiger partial charge in [-0.05, 0) is 64.3 Å². The molecule has 22 heavy (non-hydrogen) atoms. The molecule has 0 atom stereocenters. The molecule has 0 unspecified atom stereocenters. The summed E-state index contributed by atoms with van der Waals surface area (Å²) in [6.45, 7) is 3.65. The molecule has 0 saturated heterocycles. The summed E-state index contributed by atoms with van der Waals surface area (Å²) in [7, 11) is 0. The van der Waals surface area contributed by atoms with Gasteiger partial charge in [0.15, 0.2) is 11.5 Å². The van der Waals surface area contributed by atoms with E-state index < -0.39 is 0 Å². The minimum atomic E-state index is 0.345. The van der Waals surface area contributed by atoms with Gasteiger partial charge in [-0.15, -0.1) is 0 Å². The molecule has 0 aromatic heterocycles. The van der Waals surface area contributed by atoms with E-state index in [0.29, 0.717) is 6.79 Å². The molecule has 0 spiro atoms. The van der Waals surface area contributed by atoms with Crippen molar-refractivity contribution in [3.63, 3.8) is 0 Å². The summed E-state index contributed by atoms with van der Waals surface area (Å²) in [6.07, 6.45) is 2.21. The molecule has 0 amide bonds. The molecule has 0 fully saturated rings. The van der Waals surface area contributed by atoms with Gasteiger partial charge < -0.3 is 9.47 Å². The van der Waals surface area contributed by atoms with Gasteiger partial charge in [-0.2, -0.15) is 0 Å². The van der Waals surface area contributed by atoms with Crippen LogP contribution in [0, 0.1) is 3.57 Å². The van der Waals surface area contributed by atoms with Crippen LogP contribution < -0.4 is 9.47 Å². The molecule has 0 saturated carbocycles. The summed E-state index contributed by atoms with van der Waals surface area (Å²) in [5, 5.41) is 0. The number of fused-ring (bicyclic) bond motifs is 2. The molecule has 0 aliphatic carbocycles. The van der Waals surface area contributed by atoms with Crippen LogP contribution in [0.25, 0.3) is 0 Å². The summed E-state index contributed by atoms with van der Waals surface area (Å²) in [5.74, 6) is 1.76. The zero-order chi connectivity index (χ0) is 14.9. The highest BCUT2D eigenvalue weighted by molar-refractivity contribution is 14.1. The Bertz CT molecular complexity index is 701. The van der Waals surface area contributed by atoms with Crippen LogP contribution in [0.4, 0.5) is 0 Å². The number of nitrogens with zero attached hydrogens (tertiary/aromatic N) is 1. The van der Waals surface area contributed by atoms with Crippen LogP contribution in [0.2, 0.25) is 0 Å². The Hall–Kier alpha value is -1.27. The number of ether oxygens (including phenoxy) is 2. The Balaban J connectivity index is 1.44. The quantitative estimate of drug-likeness (QED) is 0.726. The maximum absolute atomic E-state index is 5.49. The molecule has 2 aliphatic heterocycles. The van der Waals surface area contributed by atoms with Gasteiger partial charge in [0.1, 0.15) is 0 Å². The molecule has 114 valence electrons. The van der Waals surface area contributed by atoms with Crippen molar-refractivity contribution in [3.8, 4) is 11.5 Å². The van der Waals surface area contributed by atoms with Crippen molar-refractivity contribution in [2.75, 3.05) is 19.9 Å². The molecule has 2 aromatic rings. The summed E-state index contributed by atoms with van der Waals surface area (Å²) >= 11 is 2.39. The Kier molecular flexibility index (Phi) is 3.96. The highest BCUT2D eigenvalue weighted by atomic mass is 127. The third kappa shape index (κ3) is 2.82. The van der Waals surface area contributed by atoms with Crippen molar-refractivity contribution in [1.82, 2.24) is 4.90 Å². The molecule has 0 bridgehead atoms. The standard InChI is InChI=1S/C18H18INO2/c19-16-10-18-17(21-12-22-18)9-14(16)6-8-20-7-5-13-3-1-2-4-15(13)11-20/h1-4,9-10H,5-8,11-12H2. The molecular weight excluding hydrogens is 389 g/mol. The number of rotatable bonds is 3. The van der Waals surface area contributed by atoms with E-state index in [0.717, 1.165) is 44.0 Å². The lowest BCUT2D eigenvalue weighted by Gasteiger charge is -2.28. The molecule has 2 heterocycles. The maximum atomic E-state index is 5.49. The highest BCUT2D eigenvalue weighted by Crippen LogP contribution is 2.35. The predicted octanol–water partition coefficient (Wildman–Crippen LogP) is 3.62. The third-order valence-corrected chi connectivity index (χ3v) is 5.45. The molecule has 3 nitrogen and oxygen atoms in total. The second-order valence-electron chi connectivity index (χ2n) is 5.84. The summed E-state index contributed by atoms with van der Waals surface area (Å²) < 4.78 is 12.2. The van der Waals surface area contributed by atoms with Crippen molar-refractivity contribution in [2.45, 2.75) is 19.4 Å². The lowest BCUT2D eigenvalue weighted by molar-refractivity contribution is 0.174. The van der Waals surface area contributed by atoms with E-state index in [9.17, 15) is 0 Å². The molecule has 4 heteroatoms. The lowest BCUT2D eigenvalue weighted by atomic mass is 9.99. The molecule has 0 radical (unpaired) electrons. The first-order valence-corrected chi connectivity index (χ1v) is 8.74. The fourth-order valence-electron chi connectivity index (χ4n) is 3.17. The van der Waals surface area contributed by atoms with Crippen molar-refractivity contribution in [2.24, 2.45) is 0 Å². The highest BCUT2D eigenvalue weighted by Gasteiger charge is 2.18. The van der Waals surface area contributed by atoms with E-state index in [1.165, 1.54) is 20.3 Å². The number of hydrogen-bond donors (Lipinski definition) is 0. The van der Waals surface area contributed by atoms with Crippen molar-refractivity contribution in [3.05, 3.63) is 56.7 Å². The second kappa shape index (κ2) is 6.08. The van der Waals surface area contributed by atoms with Gasteiger partial charge in [0.25, 0.3) is 0 Å². The number of halogens is 1. The van der Waals surface area contributed by atoms with Gasteiger partial charge in [-0.25, -0.2) is 0 Å². The second-order valence-corrected chi connectivity index (χ2v) is 7.00. The van der Waals surface area contributed by atoms with Crippen LogP contribution >= 0.6 is 22.6 Å². The summed E-state index contributed by atoms with van der Waals surface area (Å²) in [6, 6.07) is 13.0. The van der Waals surface area contributed by atoms with E-state index in [4.69, 9.17) is 9.47 Å². The molecule has 2 aromatic carbocycles. The molecular formula is C18H18INO2. The first kappa shape index (κ1) is 14.3. The molecule has 2 aliphatic rings. The van der Waals surface area contributed by atoms with Gasteiger partial charge in [0.05, 0.1) is 0 Å². The molecule has 4 rings (SSSR count). The van der Waals surface area contributed by atoms with Gasteiger partial charge in [-0.1, -0.05) is 24.3 Å². The van der Waals surface area contributed by atoms with E-state index in [-0.39, 0.29) is 0 Å². The van der Waals surface area contributed by atoms with Crippen molar-refractivity contribution in [1.29, 1.82) is 0 Å². The fourth-order valence-corrected chi connectivity index (χ4v) is 3.88. The zero-order valence-electron chi connectivity index (χ0n) is 12.3. The Morgan fingerprint density at radius 1 is 1.05 bits per heavy atom. The van der Waals surface area contributed by atoms with Crippen LogP contribution in [0.1, 0.15) is 16.7 Å². The summed E-state index contributed by atoms with van der Waals surface area (Å²) in [5.41, 5.74) is 4.34. The summed E-state index contributed by atoms with van der Waals surface area (Å²) in [4.78, 5) is 2.54. The Labute approximate surface area is 144 Å². The first-order chi connectivity index (χ1) is 10.8. The van der Waals surface area contributed by atoms with E-state index >= 15 is 0 Å². The van der Waals surface area contributed by atoms with Crippen molar-refractivity contribution < 1.29 is 9.47 Å². The molecule has 0 N–H and O–H groups in total. The number of benzene rings is 2. The average Bonchev–Trinajstić information content (AvgIpc) is 2.99. The van der Waals surface area contributed by atoms with Crippen LogP contribution in [0.3, 0.4) is 0 Å². The largest absolute Gasteiger partial charge is 0.454 e. The van der Waals surface area contributed by atoms with Gasteiger partial charge in [-0.3, -0.25) is 4.90 Å². The van der Waals surface area contributed by atoms with E-state index in [1.807, 2.05) is 0 Å². The van der Waals surface area contributed by atoms with Crippen LogP contribution in [0.5, 0.6) is 11.5 Å². The first-order valence-electron chi connectivity index (χ1n) is 7.67. The maximum Gasteiger partial charge on any atom is 0.231 e. The monoisotopic (exact) mass is 407 g/mol. The lowest BCUT2D eigenvalue weighted by Crippen LogP contribution is -2.32. The zero-order valence-corrected chi connectivity index (χ0v) is 14.5. The van der Waals surface area contributed by atoms with E-state index in [1.54, 1.807) is 0 Å². The smallest absolute Gasteiger partial charge is 0.231 e. The predicted molar refractivity (Wildman–Crippen MR) is 94.4 cm³/mol. The Morgan fingerprint density at radius 3 is 2.68 bits per heavy atom.